The molecule has 39 heavy (non-hydrogen) atoms. The number of benzene rings is 1. The maximum absolute atomic E-state index is 13.0. The summed E-state index contributed by atoms with van der Waals surface area (Å²) in [4.78, 5) is 13.0. The van der Waals surface area contributed by atoms with E-state index >= 15 is 0 Å². The van der Waals surface area contributed by atoms with Crippen molar-refractivity contribution < 1.29 is 9.53 Å². The normalized spacial score (nSPS) is 38.1. The van der Waals surface area contributed by atoms with Crippen LogP contribution in [-0.4, -0.2) is 12.1 Å². The third kappa shape index (κ3) is 4.64. The number of ether oxygens (including phenoxy) is 1. The van der Waals surface area contributed by atoms with Gasteiger partial charge in [-0.15, -0.1) is 0 Å². The molecule has 4 aliphatic rings. The quantitative estimate of drug-likeness (QED) is 0.258. The van der Waals surface area contributed by atoms with E-state index in [1.165, 1.54) is 57.8 Å². The van der Waals surface area contributed by atoms with Crippen molar-refractivity contribution in [2.24, 2.45) is 45.3 Å². The van der Waals surface area contributed by atoms with E-state index in [0.29, 0.717) is 22.3 Å². The fourth-order valence-corrected chi connectivity index (χ4v) is 10.6. The third-order valence-corrected chi connectivity index (χ3v) is 13.1. The highest BCUT2D eigenvalue weighted by molar-refractivity contribution is 5.89. The first-order valence-corrected chi connectivity index (χ1v) is 16.3. The molecule has 0 radical (unpaired) electrons. The van der Waals surface area contributed by atoms with Gasteiger partial charge in [0, 0.05) is 5.41 Å². The zero-order valence-electron chi connectivity index (χ0n) is 26.4. The average molecular weight is 533 g/mol. The summed E-state index contributed by atoms with van der Waals surface area (Å²) in [6, 6.07) is 9.55. The highest BCUT2D eigenvalue weighted by Gasteiger charge is 2.63. The number of allylic oxidation sites excluding steroid dienone is 2. The lowest BCUT2D eigenvalue weighted by Crippen LogP contribution is -2.55. The first-order valence-electron chi connectivity index (χ1n) is 16.3. The van der Waals surface area contributed by atoms with Crippen molar-refractivity contribution >= 4 is 5.97 Å². The van der Waals surface area contributed by atoms with Crippen molar-refractivity contribution in [3.63, 3.8) is 0 Å². The molecule has 0 N–H and O–H groups in total. The van der Waals surface area contributed by atoms with Crippen LogP contribution in [0.15, 0.2) is 41.5 Å². The summed E-state index contributed by atoms with van der Waals surface area (Å²) in [7, 11) is 0. The summed E-state index contributed by atoms with van der Waals surface area (Å²) in [6.07, 6.45) is 14.2. The summed E-state index contributed by atoms with van der Waals surface area (Å²) in [6.45, 7) is 20.0. The van der Waals surface area contributed by atoms with Gasteiger partial charge < -0.3 is 4.74 Å². The molecule has 216 valence electrons. The molecule has 2 fully saturated rings. The van der Waals surface area contributed by atoms with E-state index in [9.17, 15) is 4.79 Å². The van der Waals surface area contributed by atoms with Crippen molar-refractivity contribution in [3.05, 3.63) is 47.0 Å². The monoisotopic (exact) mass is 532 g/mol. The van der Waals surface area contributed by atoms with Crippen molar-refractivity contribution in [2.45, 2.75) is 132 Å². The molecule has 0 amide bonds. The molecule has 0 spiro atoms. The van der Waals surface area contributed by atoms with Crippen LogP contribution in [0.1, 0.15) is 136 Å². The molecule has 1 aromatic rings. The number of fused-ring (bicyclic) bond motifs is 4. The summed E-state index contributed by atoms with van der Waals surface area (Å²) >= 11 is 0. The van der Waals surface area contributed by atoms with Crippen molar-refractivity contribution in [1.29, 1.82) is 0 Å². The molecule has 7 atom stereocenters. The second-order valence-corrected chi connectivity index (χ2v) is 15.8. The fourth-order valence-electron chi connectivity index (χ4n) is 10.6. The Balaban J connectivity index is 1.37. The smallest absolute Gasteiger partial charge is 0.338 e. The van der Waals surface area contributed by atoms with Crippen LogP contribution < -0.4 is 0 Å². The largest absolute Gasteiger partial charge is 0.458 e. The molecular weight excluding hydrogens is 476 g/mol. The number of hydrogen-bond acceptors (Lipinski definition) is 2. The Morgan fingerprint density at radius 1 is 0.872 bits per heavy atom. The maximum atomic E-state index is 13.0. The first kappa shape index (κ1) is 28.9. The van der Waals surface area contributed by atoms with Gasteiger partial charge in [0.05, 0.1) is 5.56 Å². The van der Waals surface area contributed by atoms with E-state index < -0.39 is 0 Å². The van der Waals surface area contributed by atoms with Gasteiger partial charge in [0.1, 0.15) is 6.10 Å². The lowest BCUT2D eigenvalue weighted by Gasteiger charge is -2.62. The van der Waals surface area contributed by atoms with E-state index in [2.05, 4.69) is 55.4 Å². The number of carbonyl (C=O) groups is 1. The van der Waals surface area contributed by atoms with Gasteiger partial charge in [-0.05, 0) is 103 Å². The molecule has 1 aromatic carbocycles. The minimum Gasteiger partial charge on any atom is -0.458 e. The summed E-state index contributed by atoms with van der Waals surface area (Å²) in [5, 5.41) is 0. The zero-order chi connectivity index (χ0) is 28.2. The van der Waals surface area contributed by atoms with E-state index in [0.717, 1.165) is 30.6 Å². The molecule has 2 heteroatoms. The average Bonchev–Trinajstić information content (AvgIpc) is 3.17. The van der Waals surface area contributed by atoms with Gasteiger partial charge in [-0.3, -0.25) is 0 Å². The van der Waals surface area contributed by atoms with Gasteiger partial charge in [-0.25, -0.2) is 4.79 Å². The SMILES string of the molecule is CC(C)CCC[C@H](C)[C@@H]1CC[C@]2(C)C3=C(CC[C@]12C)[C@]1(C)CC[C@@H](OC(=O)c2ccccc2)C(C)(C)[C@H]1CC3. The van der Waals surface area contributed by atoms with Crippen LogP contribution in [0.3, 0.4) is 0 Å². The van der Waals surface area contributed by atoms with Gasteiger partial charge in [0.25, 0.3) is 0 Å². The van der Waals surface area contributed by atoms with E-state index in [-0.39, 0.29) is 22.9 Å². The van der Waals surface area contributed by atoms with Crippen molar-refractivity contribution in [1.82, 2.24) is 0 Å². The summed E-state index contributed by atoms with van der Waals surface area (Å²) in [5.41, 5.74) is 5.36. The van der Waals surface area contributed by atoms with Crippen LogP contribution >= 0.6 is 0 Å². The topological polar surface area (TPSA) is 26.3 Å². The minimum absolute atomic E-state index is 0.0163. The zero-order valence-corrected chi connectivity index (χ0v) is 26.4. The van der Waals surface area contributed by atoms with E-state index in [4.69, 9.17) is 4.74 Å². The molecular formula is C37H56O2. The van der Waals surface area contributed by atoms with Crippen LogP contribution in [0, 0.1) is 45.3 Å². The van der Waals surface area contributed by atoms with Gasteiger partial charge in [0.15, 0.2) is 0 Å². The maximum Gasteiger partial charge on any atom is 0.338 e. The van der Waals surface area contributed by atoms with Gasteiger partial charge in [0.2, 0.25) is 0 Å². The second-order valence-electron chi connectivity index (χ2n) is 15.8. The van der Waals surface area contributed by atoms with Crippen LogP contribution in [-0.2, 0) is 4.74 Å². The first-order chi connectivity index (χ1) is 18.3. The molecule has 0 saturated heterocycles. The number of carbonyl (C=O) groups excluding carboxylic acids is 1. The molecule has 2 saturated carbocycles. The Morgan fingerprint density at radius 3 is 2.28 bits per heavy atom. The number of hydrogen-bond donors (Lipinski definition) is 0. The Bertz CT molecular complexity index is 1080. The number of rotatable bonds is 7. The number of esters is 1. The summed E-state index contributed by atoms with van der Waals surface area (Å²) < 4.78 is 6.26. The Hall–Kier alpha value is -1.57. The van der Waals surface area contributed by atoms with Crippen LogP contribution in [0.4, 0.5) is 0 Å². The molecule has 2 nitrogen and oxygen atoms in total. The molecule has 0 heterocycles. The van der Waals surface area contributed by atoms with Gasteiger partial charge in [-0.2, -0.15) is 0 Å². The van der Waals surface area contributed by atoms with Crippen molar-refractivity contribution in [3.8, 4) is 0 Å². The highest BCUT2D eigenvalue weighted by Crippen LogP contribution is 2.72. The van der Waals surface area contributed by atoms with Crippen LogP contribution in [0.2, 0.25) is 0 Å². The fraction of sp³-hybridized carbons (Fsp3) is 0.757. The Kier molecular flexibility index (Phi) is 7.69. The van der Waals surface area contributed by atoms with E-state index in [1.807, 2.05) is 41.5 Å². The molecule has 5 rings (SSSR count). The van der Waals surface area contributed by atoms with Crippen molar-refractivity contribution in [2.75, 3.05) is 0 Å². The second kappa shape index (κ2) is 10.4. The highest BCUT2D eigenvalue weighted by atomic mass is 16.5. The summed E-state index contributed by atoms with van der Waals surface area (Å²) in [5.74, 6) is 2.91. The molecule has 4 aliphatic carbocycles. The lowest BCUT2D eigenvalue weighted by molar-refractivity contribution is -0.104. The standard InChI is InChI=1S/C37H56O2/c1-25(2)13-12-14-26(3)28-19-23-37(8)30-17-18-31-34(4,5)32(39-33(38)27-15-10-9-11-16-27)21-22-35(31,6)29(30)20-24-36(28,37)7/h9-11,15-16,25-26,28,31-32H,12-14,17-24H2,1-8H3/t26-,28-,31+,32+,35-,36+,37+/m0/s1. The molecule has 0 unspecified atom stereocenters. The van der Waals surface area contributed by atoms with Gasteiger partial charge >= 0.3 is 5.97 Å². The predicted molar refractivity (Wildman–Crippen MR) is 163 cm³/mol. The lowest BCUT2D eigenvalue weighted by atomic mass is 9.43. The molecule has 0 bridgehead atoms. The Morgan fingerprint density at radius 2 is 1.59 bits per heavy atom. The Labute approximate surface area is 239 Å². The minimum atomic E-state index is -0.159. The predicted octanol–water partition coefficient (Wildman–Crippen LogP) is 10.4. The van der Waals surface area contributed by atoms with Gasteiger partial charge in [-0.1, -0.05) is 104 Å². The third-order valence-electron chi connectivity index (χ3n) is 13.1. The van der Waals surface area contributed by atoms with Crippen LogP contribution in [0.5, 0.6) is 0 Å². The van der Waals surface area contributed by atoms with E-state index in [1.54, 1.807) is 0 Å². The molecule has 0 aliphatic heterocycles. The molecule has 0 aromatic heterocycles. The van der Waals surface area contributed by atoms with Crippen LogP contribution in [0.25, 0.3) is 0 Å².